The molecule has 0 spiro atoms. The fraction of sp³-hybridized carbons (Fsp3) is 0.143. The lowest BCUT2D eigenvalue weighted by atomic mass is 10.2. The van der Waals surface area contributed by atoms with Crippen LogP contribution in [0.2, 0.25) is 10.0 Å². The van der Waals surface area contributed by atoms with Gasteiger partial charge in [-0.2, -0.15) is 0 Å². The van der Waals surface area contributed by atoms with Crippen molar-refractivity contribution >= 4 is 23.2 Å². The largest absolute Gasteiger partial charge is 0.372 e. The average Bonchev–Trinajstić information content (AvgIpc) is 2.39. The zero-order chi connectivity index (χ0) is 13.0. The minimum absolute atomic E-state index is 0.0237. The molecule has 0 amide bonds. The Hall–Kier alpha value is -1.09. The molecule has 2 rings (SSSR count). The van der Waals surface area contributed by atoms with Gasteiger partial charge in [0.1, 0.15) is 5.82 Å². The van der Waals surface area contributed by atoms with E-state index in [4.69, 9.17) is 27.9 Å². The van der Waals surface area contributed by atoms with Crippen LogP contribution in [-0.2, 0) is 18.0 Å². The molecular weight excluding hydrogens is 273 g/mol. The lowest BCUT2D eigenvalue weighted by molar-refractivity contribution is 0.107. The van der Waals surface area contributed by atoms with Crippen LogP contribution in [0.25, 0.3) is 0 Å². The molecule has 0 radical (unpaired) electrons. The summed E-state index contributed by atoms with van der Waals surface area (Å²) >= 11 is 11.8. The average molecular weight is 284 g/mol. The number of rotatable bonds is 4. The summed E-state index contributed by atoms with van der Waals surface area (Å²) in [5.74, 6) is -0.487. The Morgan fingerprint density at radius 1 is 0.944 bits per heavy atom. The summed E-state index contributed by atoms with van der Waals surface area (Å²) in [5.41, 5.74) is 1.52. The van der Waals surface area contributed by atoms with Gasteiger partial charge in [-0.3, -0.25) is 0 Å². The molecule has 0 fully saturated rings. The second-order valence-corrected chi connectivity index (χ2v) is 4.59. The molecule has 2 aromatic carbocycles. The third-order valence-corrected chi connectivity index (χ3v) is 3.26. The summed E-state index contributed by atoms with van der Waals surface area (Å²) in [6.45, 7) is 0.619. The predicted octanol–water partition coefficient (Wildman–Crippen LogP) is 4.85. The van der Waals surface area contributed by atoms with Gasteiger partial charge in [0.2, 0.25) is 0 Å². The van der Waals surface area contributed by atoms with Gasteiger partial charge in [0.05, 0.1) is 18.2 Å². The zero-order valence-corrected chi connectivity index (χ0v) is 11.0. The van der Waals surface area contributed by atoms with E-state index in [2.05, 4.69) is 0 Å². The third kappa shape index (κ3) is 3.22. The molecule has 4 heteroatoms. The zero-order valence-electron chi connectivity index (χ0n) is 9.50. The van der Waals surface area contributed by atoms with Gasteiger partial charge in [-0.15, -0.1) is 0 Å². The van der Waals surface area contributed by atoms with E-state index in [1.165, 1.54) is 12.1 Å². The topological polar surface area (TPSA) is 9.23 Å². The van der Waals surface area contributed by atoms with Crippen molar-refractivity contribution in [1.82, 2.24) is 0 Å². The molecule has 0 unspecified atom stereocenters. The van der Waals surface area contributed by atoms with Gasteiger partial charge in [-0.05, 0) is 17.7 Å². The van der Waals surface area contributed by atoms with Crippen molar-refractivity contribution in [3.63, 3.8) is 0 Å². The maximum absolute atomic E-state index is 13.3. The van der Waals surface area contributed by atoms with Crippen LogP contribution in [-0.4, -0.2) is 0 Å². The predicted molar refractivity (Wildman–Crippen MR) is 71.4 cm³/mol. The fourth-order valence-corrected chi connectivity index (χ4v) is 2.03. The first kappa shape index (κ1) is 13.3. The monoisotopic (exact) mass is 283 g/mol. The maximum atomic E-state index is 13.3. The first-order valence-electron chi connectivity index (χ1n) is 5.42. The highest BCUT2D eigenvalue weighted by Gasteiger charge is 2.10. The van der Waals surface area contributed by atoms with E-state index in [-0.39, 0.29) is 11.6 Å². The Labute approximate surface area is 115 Å². The van der Waals surface area contributed by atoms with Gasteiger partial charge in [0, 0.05) is 10.6 Å². The minimum Gasteiger partial charge on any atom is -0.372 e. The van der Waals surface area contributed by atoms with Gasteiger partial charge in [0.25, 0.3) is 0 Å². The Morgan fingerprint density at radius 3 is 2.39 bits per heavy atom. The van der Waals surface area contributed by atoms with Gasteiger partial charge in [-0.25, -0.2) is 4.39 Å². The van der Waals surface area contributed by atoms with Crippen LogP contribution >= 0.6 is 23.2 Å². The highest BCUT2D eigenvalue weighted by Crippen LogP contribution is 2.28. The number of ether oxygens (including phenoxy) is 1. The smallest absolute Gasteiger partial charge is 0.142 e. The number of hydrogen-bond acceptors (Lipinski definition) is 1. The van der Waals surface area contributed by atoms with Gasteiger partial charge in [-0.1, -0.05) is 53.5 Å². The summed E-state index contributed by atoms with van der Waals surface area (Å²) in [5, 5.41) is 0.435. The Kier molecular flexibility index (Phi) is 4.59. The van der Waals surface area contributed by atoms with Crippen molar-refractivity contribution < 1.29 is 9.13 Å². The van der Waals surface area contributed by atoms with Crippen molar-refractivity contribution in [2.24, 2.45) is 0 Å². The minimum atomic E-state index is -0.487. The molecule has 0 aliphatic heterocycles. The van der Waals surface area contributed by atoms with Gasteiger partial charge < -0.3 is 4.74 Å². The van der Waals surface area contributed by atoms with E-state index in [1.807, 2.05) is 30.3 Å². The molecule has 0 aliphatic rings. The number of halogens is 3. The van der Waals surface area contributed by atoms with E-state index in [9.17, 15) is 4.39 Å². The molecular formula is C14H11Cl2FO. The first-order chi connectivity index (χ1) is 8.68. The lowest BCUT2D eigenvalue weighted by Crippen LogP contribution is -1.97. The molecule has 0 aromatic heterocycles. The molecule has 0 N–H and O–H groups in total. The van der Waals surface area contributed by atoms with E-state index in [0.29, 0.717) is 17.2 Å². The fourth-order valence-electron chi connectivity index (χ4n) is 1.55. The van der Waals surface area contributed by atoms with Crippen molar-refractivity contribution in [2.45, 2.75) is 13.2 Å². The van der Waals surface area contributed by atoms with E-state index >= 15 is 0 Å². The van der Waals surface area contributed by atoms with Crippen molar-refractivity contribution in [3.05, 3.63) is 69.5 Å². The van der Waals surface area contributed by atoms with Crippen LogP contribution in [0.5, 0.6) is 0 Å². The molecule has 0 atom stereocenters. The maximum Gasteiger partial charge on any atom is 0.142 e. The van der Waals surface area contributed by atoms with Gasteiger partial charge in [0.15, 0.2) is 0 Å². The molecule has 0 bridgehead atoms. The molecule has 0 heterocycles. The molecule has 1 nitrogen and oxygen atoms in total. The van der Waals surface area contributed by atoms with Crippen LogP contribution in [0.3, 0.4) is 0 Å². The number of benzene rings is 2. The third-order valence-electron chi connectivity index (χ3n) is 2.50. The van der Waals surface area contributed by atoms with Crippen LogP contribution in [0.15, 0.2) is 42.5 Å². The van der Waals surface area contributed by atoms with Crippen LogP contribution in [0.4, 0.5) is 4.39 Å². The van der Waals surface area contributed by atoms with Crippen molar-refractivity contribution in [1.29, 1.82) is 0 Å². The second-order valence-electron chi connectivity index (χ2n) is 3.80. The van der Waals surface area contributed by atoms with E-state index < -0.39 is 5.82 Å². The first-order valence-corrected chi connectivity index (χ1v) is 6.18. The summed E-state index contributed by atoms with van der Waals surface area (Å²) in [6.07, 6.45) is 0. The van der Waals surface area contributed by atoms with Gasteiger partial charge >= 0.3 is 0 Å². The normalized spacial score (nSPS) is 10.6. The Morgan fingerprint density at radius 2 is 1.67 bits per heavy atom. The second kappa shape index (κ2) is 6.19. The van der Waals surface area contributed by atoms with Crippen LogP contribution < -0.4 is 0 Å². The highest BCUT2D eigenvalue weighted by atomic mass is 35.5. The van der Waals surface area contributed by atoms with E-state index in [1.54, 1.807) is 0 Å². The lowest BCUT2D eigenvalue weighted by Gasteiger charge is -2.09. The standard InChI is InChI=1S/C14H11Cl2FO/c15-12-6-7-13(17)14(16)11(12)9-18-8-10-4-2-1-3-5-10/h1-7H,8-9H2/i17-1. The van der Waals surface area contributed by atoms with Crippen molar-refractivity contribution in [2.75, 3.05) is 0 Å². The molecule has 0 saturated heterocycles. The molecule has 18 heavy (non-hydrogen) atoms. The SMILES string of the molecule is [18F]c1ccc(Cl)c(COCc2ccccc2)c1Cl. The summed E-state index contributed by atoms with van der Waals surface area (Å²) in [4.78, 5) is 0. The van der Waals surface area contributed by atoms with Crippen LogP contribution in [0, 0.1) is 5.82 Å². The summed E-state index contributed by atoms with van der Waals surface area (Å²) in [7, 11) is 0. The summed E-state index contributed by atoms with van der Waals surface area (Å²) in [6, 6.07) is 12.4. The summed E-state index contributed by atoms with van der Waals surface area (Å²) < 4.78 is 18.8. The highest BCUT2D eigenvalue weighted by molar-refractivity contribution is 6.36. The molecule has 94 valence electrons. The Bertz CT molecular complexity index is 529. The molecule has 0 aliphatic carbocycles. The molecule has 2 aromatic rings. The van der Waals surface area contributed by atoms with E-state index in [0.717, 1.165) is 5.56 Å². The molecule has 0 saturated carbocycles. The Balaban J connectivity index is 2.01. The van der Waals surface area contributed by atoms with Crippen LogP contribution in [0.1, 0.15) is 11.1 Å². The number of hydrogen-bond donors (Lipinski definition) is 0. The van der Waals surface area contributed by atoms with Crippen molar-refractivity contribution in [3.8, 4) is 0 Å². The quantitative estimate of drug-likeness (QED) is 0.729.